The topological polar surface area (TPSA) is 101 Å². The van der Waals surface area contributed by atoms with Crippen molar-refractivity contribution in [2.75, 3.05) is 32.7 Å². The summed E-state index contributed by atoms with van der Waals surface area (Å²) in [6.07, 6.45) is 8.02. The smallest absolute Gasteiger partial charge is 0.317 e. The fraction of sp³-hybridized carbons (Fsp3) is 0.379. The lowest BCUT2D eigenvalue weighted by Crippen LogP contribution is -2.43. The molecule has 3 aromatic rings. The molecule has 0 saturated carbocycles. The van der Waals surface area contributed by atoms with Gasteiger partial charge in [-0.15, -0.1) is 0 Å². The van der Waals surface area contributed by atoms with Gasteiger partial charge in [-0.05, 0) is 67.5 Å². The number of carbonyl (C=O) groups excluding carboxylic acids is 2. The molecule has 0 fully saturated rings. The molecule has 0 bridgehead atoms. The summed E-state index contributed by atoms with van der Waals surface area (Å²) in [5.74, 6) is -0.548. The molecule has 0 aliphatic heterocycles. The second kappa shape index (κ2) is 12.6. The highest BCUT2D eigenvalue weighted by molar-refractivity contribution is 5.90. The molecule has 8 heteroatoms. The van der Waals surface area contributed by atoms with E-state index in [1.807, 2.05) is 26.0 Å². The van der Waals surface area contributed by atoms with E-state index >= 15 is 0 Å². The minimum Gasteiger partial charge on any atom is -0.361 e. The maximum Gasteiger partial charge on any atom is 0.317 e. The van der Waals surface area contributed by atoms with E-state index in [-0.39, 0.29) is 12.1 Å². The predicted octanol–water partition coefficient (Wildman–Crippen LogP) is 4.27. The summed E-state index contributed by atoms with van der Waals surface area (Å²) in [7, 11) is 0. The van der Waals surface area contributed by atoms with Crippen molar-refractivity contribution in [2.24, 2.45) is 0 Å². The van der Waals surface area contributed by atoms with Gasteiger partial charge in [0.2, 0.25) is 0 Å². The average molecular weight is 504 g/mol. The van der Waals surface area contributed by atoms with Gasteiger partial charge in [-0.2, -0.15) is 0 Å². The third-order valence-electron chi connectivity index (χ3n) is 7.26. The number of amides is 3. The molecule has 196 valence electrons. The van der Waals surface area contributed by atoms with E-state index in [4.69, 9.17) is 5.21 Å². The summed E-state index contributed by atoms with van der Waals surface area (Å²) in [5, 5.41) is 13.1. The van der Waals surface area contributed by atoms with Crippen LogP contribution in [0.15, 0.2) is 54.7 Å². The number of aromatic amines is 1. The van der Waals surface area contributed by atoms with E-state index in [0.717, 1.165) is 43.4 Å². The number of hydrogen-bond donors (Lipinski definition) is 4. The molecule has 1 heterocycles. The van der Waals surface area contributed by atoms with Gasteiger partial charge >= 0.3 is 6.03 Å². The third kappa shape index (κ3) is 6.39. The van der Waals surface area contributed by atoms with Gasteiger partial charge < -0.3 is 15.2 Å². The second-order valence-electron chi connectivity index (χ2n) is 9.37. The number of urea groups is 1. The number of aryl methyl sites for hydroxylation is 1. The number of hydroxylamine groups is 1. The molecule has 1 atom stereocenters. The molecule has 2 aromatic carbocycles. The van der Waals surface area contributed by atoms with Crippen molar-refractivity contribution in [2.45, 2.75) is 39.2 Å². The Hall–Kier alpha value is -3.62. The normalized spacial score (nSPS) is 14.9. The lowest BCUT2D eigenvalue weighted by molar-refractivity contribution is -0.124. The van der Waals surface area contributed by atoms with Crippen LogP contribution >= 0.6 is 0 Å². The monoisotopic (exact) mass is 503 g/mol. The van der Waals surface area contributed by atoms with E-state index < -0.39 is 5.91 Å². The highest BCUT2D eigenvalue weighted by atomic mass is 16.5. The Labute approximate surface area is 218 Å². The molecule has 0 saturated heterocycles. The molecule has 4 N–H and O–H groups in total. The highest BCUT2D eigenvalue weighted by Crippen LogP contribution is 2.36. The van der Waals surface area contributed by atoms with E-state index in [1.54, 1.807) is 16.5 Å². The molecule has 4 rings (SSSR count). The summed E-state index contributed by atoms with van der Waals surface area (Å²) in [5.41, 5.74) is 7.58. The second-order valence-corrected chi connectivity index (χ2v) is 9.37. The molecule has 1 aliphatic rings. The Bertz CT molecular complexity index is 1250. The van der Waals surface area contributed by atoms with Gasteiger partial charge in [0.05, 0.1) is 0 Å². The molecule has 3 amide bonds. The highest BCUT2D eigenvalue weighted by Gasteiger charge is 2.28. The first-order valence-corrected chi connectivity index (χ1v) is 13.1. The number of rotatable bonds is 11. The number of H-pyrrole nitrogens is 1. The maximum atomic E-state index is 12.5. The number of nitrogens with one attached hydrogen (secondary N) is 3. The number of benzene rings is 2. The summed E-state index contributed by atoms with van der Waals surface area (Å²) >= 11 is 0. The Morgan fingerprint density at radius 1 is 1.14 bits per heavy atom. The van der Waals surface area contributed by atoms with E-state index in [2.05, 4.69) is 51.7 Å². The van der Waals surface area contributed by atoms with Crippen molar-refractivity contribution < 1.29 is 14.8 Å². The third-order valence-corrected chi connectivity index (χ3v) is 7.26. The van der Waals surface area contributed by atoms with Crippen LogP contribution in [0.25, 0.3) is 17.0 Å². The van der Waals surface area contributed by atoms with E-state index in [1.165, 1.54) is 28.2 Å². The largest absolute Gasteiger partial charge is 0.361 e. The van der Waals surface area contributed by atoms with Gasteiger partial charge in [-0.25, -0.2) is 10.3 Å². The number of para-hydroxylation sites is 1. The average Bonchev–Trinajstić information content (AvgIpc) is 3.54. The number of fused-ring (bicyclic) bond motifs is 2. The molecule has 0 spiro atoms. The van der Waals surface area contributed by atoms with Gasteiger partial charge in [-0.1, -0.05) is 36.4 Å². The summed E-state index contributed by atoms with van der Waals surface area (Å²) in [4.78, 5) is 31.5. The first kappa shape index (κ1) is 26.4. The Morgan fingerprint density at radius 2 is 1.95 bits per heavy atom. The number of carbonyl (C=O) groups is 2. The van der Waals surface area contributed by atoms with Crippen molar-refractivity contribution >= 4 is 28.9 Å². The summed E-state index contributed by atoms with van der Waals surface area (Å²) in [6.45, 7) is 7.60. The molecule has 37 heavy (non-hydrogen) atoms. The number of hydrogen-bond acceptors (Lipinski definition) is 4. The lowest BCUT2D eigenvalue weighted by Gasteiger charge is -2.30. The van der Waals surface area contributed by atoms with Crippen LogP contribution in [-0.2, 0) is 17.6 Å². The minimum atomic E-state index is -0.548. The van der Waals surface area contributed by atoms with Crippen molar-refractivity contribution in [3.05, 3.63) is 77.0 Å². The summed E-state index contributed by atoms with van der Waals surface area (Å²) < 4.78 is 0. The Kier molecular flexibility index (Phi) is 8.98. The van der Waals surface area contributed by atoms with Crippen molar-refractivity contribution in [1.82, 2.24) is 25.6 Å². The van der Waals surface area contributed by atoms with Crippen molar-refractivity contribution in [1.29, 1.82) is 0 Å². The zero-order chi connectivity index (χ0) is 26.2. The standard InChI is InChI=1S/C29H37N5O3/c1-3-33(4-2)29(36)30-16-18-34(17-15-23-20-31-26-8-6-5-7-24(23)26)27-13-11-22-19-21(9-12-25(22)27)10-14-28(35)32-37/h5-10,12,14,19-20,27,31,37H,3-4,11,13,15-18H2,1-2H3,(H,30,36)(H,32,35). The van der Waals surface area contributed by atoms with Gasteiger partial charge in [0.15, 0.2) is 0 Å². The zero-order valence-corrected chi connectivity index (χ0v) is 21.7. The molecule has 0 radical (unpaired) electrons. The van der Waals surface area contributed by atoms with Crippen LogP contribution in [0.3, 0.4) is 0 Å². The van der Waals surface area contributed by atoms with Crippen molar-refractivity contribution in [3.8, 4) is 0 Å². The minimum absolute atomic E-state index is 0.0169. The van der Waals surface area contributed by atoms with Crippen LogP contribution in [-0.4, -0.2) is 64.7 Å². The van der Waals surface area contributed by atoms with Crippen LogP contribution in [0.2, 0.25) is 0 Å². The fourth-order valence-electron chi connectivity index (χ4n) is 5.26. The maximum absolute atomic E-state index is 12.5. The summed E-state index contributed by atoms with van der Waals surface area (Å²) in [6, 6.07) is 14.9. The molecule has 8 nitrogen and oxygen atoms in total. The first-order valence-electron chi connectivity index (χ1n) is 13.1. The van der Waals surface area contributed by atoms with Crippen LogP contribution < -0.4 is 10.8 Å². The first-order chi connectivity index (χ1) is 18.0. The molecule has 1 unspecified atom stereocenters. The van der Waals surface area contributed by atoms with E-state index in [9.17, 15) is 9.59 Å². The Morgan fingerprint density at radius 3 is 2.73 bits per heavy atom. The number of aromatic nitrogens is 1. The van der Waals surface area contributed by atoms with Crippen LogP contribution in [0.4, 0.5) is 4.79 Å². The van der Waals surface area contributed by atoms with Gasteiger partial charge in [-0.3, -0.25) is 14.9 Å². The van der Waals surface area contributed by atoms with E-state index in [0.29, 0.717) is 19.6 Å². The zero-order valence-electron chi connectivity index (χ0n) is 21.7. The van der Waals surface area contributed by atoms with Gasteiger partial charge in [0.25, 0.3) is 5.91 Å². The molecule has 1 aliphatic carbocycles. The molecule has 1 aromatic heterocycles. The van der Waals surface area contributed by atoms with Crippen LogP contribution in [0.5, 0.6) is 0 Å². The van der Waals surface area contributed by atoms with Gasteiger partial charge in [0, 0.05) is 61.9 Å². The van der Waals surface area contributed by atoms with Crippen LogP contribution in [0.1, 0.15) is 48.6 Å². The van der Waals surface area contributed by atoms with Gasteiger partial charge in [0.1, 0.15) is 0 Å². The quantitative estimate of drug-likeness (QED) is 0.178. The fourth-order valence-corrected chi connectivity index (χ4v) is 5.26. The van der Waals surface area contributed by atoms with Crippen molar-refractivity contribution in [3.63, 3.8) is 0 Å². The lowest BCUT2D eigenvalue weighted by atomic mass is 10.0. The van der Waals surface area contributed by atoms with Crippen LogP contribution in [0, 0.1) is 0 Å². The molecular weight excluding hydrogens is 466 g/mol. The molecular formula is C29H37N5O3. The SMILES string of the molecule is CCN(CC)C(=O)NCCN(CCc1c[nH]c2ccccc12)C1CCc2cc(C=CC(=O)NO)ccc21. The predicted molar refractivity (Wildman–Crippen MR) is 146 cm³/mol. The Balaban J connectivity index is 1.49. The number of nitrogens with zero attached hydrogens (tertiary/aromatic N) is 2.